The van der Waals surface area contributed by atoms with E-state index in [1.54, 1.807) is 45.9 Å². The second kappa shape index (κ2) is 10.3. The van der Waals surface area contributed by atoms with Crippen LogP contribution in [0.5, 0.6) is 11.5 Å². The van der Waals surface area contributed by atoms with Crippen LogP contribution in [-0.4, -0.2) is 44.7 Å². The number of amides is 1. The minimum Gasteiger partial charge on any atom is -0.454 e. The van der Waals surface area contributed by atoms with Crippen LogP contribution in [-0.2, 0) is 4.79 Å². The van der Waals surface area contributed by atoms with Gasteiger partial charge in [0.25, 0.3) is 0 Å². The third-order valence-corrected chi connectivity index (χ3v) is 6.38. The average Bonchev–Trinajstić information content (AvgIpc) is 3.22. The number of carbonyl (C=O) groups excluding carboxylic acids is 1. The van der Waals surface area contributed by atoms with Crippen molar-refractivity contribution < 1.29 is 18.3 Å². The Balaban J connectivity index is 1.55. The highest BCUT2D eigenvalue weighted by atomic mass is 19.1. The Morgan fingerprint density at radius 3 is 2.76 bits per heavy atom. The number of pyridine rings is 1. The van der Waals surface area contributed by atoms with Crippen molar-refractivity contribution in [2.24, 2.45) is 0 Å². The van der Waals surface area contributed by atoms with Gasteiger partial charge in [-0.3, -0.25) is 13.9 Å². The van der Waals surface area contributed by atoms with Crippen LogP contribution in [0.2, 0.25) is 0 Å². The summed E-state index contributed by atoms with van der Waals surface area (Å²) in [4.78, 5) is 32.0. The lowest BCUT2D eigenvalue weighted by Gasteiger charge is -2.32. The summed E-state index contributed by atoms with van der Waals surface area (Å²) in [5, 5.41) is 0. The van der Waals surface area contributed by atoms with Gasteiger partial charge in [0.05, 0.1) is 17.2 Å². The van der Waals surface area contributed by atoms with Crippen molar-refractivity contribution in [3.05, 3.63) is 89.2 Å². The Bertz CT molecular complexity index is 1530. The number of carbonyl (C=O) groups is 1. The number of nitrogen functional groups attached to an aromatic ring is 1. The van der Waals surface area contributed by atoms with Gasteiger partial charge in [0.15, 0.2) is 11.6 Å². The number of aromatic nitrogens is 3. The third-order valence-electron chi connectivity index (χ3n) is 6.38. The molecule has 0 saturated carbocycles. The van der Waals surface area contributed by atoms with Gasteiger partial charge in [-0.2, -0.15) is 0 Å². The Kier molecular flexibility index (Phi) is 6.72. The van der Waals surface area contributed by atoms with Crippen molar-refractivity contribution in [3.63, 3.8) is 0 Å². The summed E-state index contributed by atoms with van der Waals surface area (Å²) >= 11 is 0. The molecule has 0 spiro atoms. The number of hydrogen-bond acceptors (Lipinski definition) is 5. The molecule has 2 aromatic heterocycles. The summed E-state index contributed by atoms with van der Waals surface area (Å²) in [6.45, 7) is 0.0556. The van der Waals surface area contributed by atoms with E-state index in [-0.39, 0.29) is 35.7 Å². The first kappa shape index (κ1) is 24.2. The van der Waals surface area contributed by atoms with E-state index >= 15 is 4.39 Å². The molecule has 1 fully saturated rings. The number of fused-ring (bicyclic) bond motifs is 1. The summed E-state index contributed by atoms with van der Waals surface area (Å²) < 4.78 is 36.1. The maximum absolute atomic E-state index is 15.1. The SMILES string of the molecule is Nc1nccc2c1n(-c1ccc(Oc3ccccc3)c(F)c1)c(=O)n2C1CCCN(C(=O)/C=C/CF)C1. The van der Waals surface area contributed by atoms with Crippen LogP contribution < -0.4 is 16.2 Å². The Labute approximate surface area is 211 Å². The van der Waals surface area contributed by atoms with Gasteiger partial charge in [-0.15, -0.1) is 0 Å². The molecule has 4 aromatic rings. The summed E-state index contributed by atoms with van der Waals surface area (Å²) in [5.41, 5.74) is 6.91. The van der Waals surface area contributed by atoms with Crippen molar-refractivity contribution in [1.82, 2.24) is 19.0 Å². The van der Waals surface area contributed by atoms with Gasteiger partial charge in [0.2, 0.25) is 5.91 Å². The molecule has 1 saturated heterocycles. The number of allylic oxidation sites excluding steroid dienone is 1. The summed E-state index contributed by atoms with van der Waals surface area (Å²) in [6.07, 6.45) is 5.19. The first-order valence-electron chi connectivity index (χ1n) is 11.9. The number of imidazole rings is 1. The number of para-hydroxylation sites is 1. The van der Waals surface area contributed by atoms with Crippen molar-refractivity contribution in [2.45, 2.75) is 18.9 Å². The molecule has 5 rings (SSSR count). The molecule has 1 aliphatic heterocycles. The zero-order valence-corrected chi connectivity index (χ0v) is 19.9. The van der Waals surface area contributed by atoms with Crippen molar-refractivity contribution >= 4 is 22.8 Å². The van der Waals surface area contributed by atoms with E-state index in [4.69, 9.17) is 10.5 Å². The molecule has 0 bridgehead atoms. The number of ether oxygens (including phenoxy) is 1. The van der Waals surface area contributed by atoms with Crippen LogP contribution in [0.25, 0.3) is 16.7 Å². The van der Waals surface area contributed by atoms with Crippen LogP contribution in [0.15, 0.2) is 77.7 Å². The number of nitrogens with zero attached hydrogens (tertiary/aromatic N) is 4. The van der Waals surface area contributed by atoms with E-state index in [0.29, 0.717) is 36.2 Å². The number of halogens is 2. The first-order valence-corrected chi connectivity index (χ1v) is 11.9. The zero-order chi connectivity index (χ0) is 25.9. The van der Waals surface area contributed by atoms with E-state index < -0.39 is 18.2 Å². The van der Waals surface area contributed by atoms with Gasteiger partial charge in [0.1, 0.15) is 23.8 Å². The highest BCUT2D eigenvalue weighted by molar-refractivity contribution is 5.88. The predicted octanol–water partition coefficient (Wildman–Crippen LogP) is 4.39. The van der Waals surface area contributed by atoms with E-state index in [1.807, 2.05) is 6.07 Å². The lowest BCUT2D eigenvalue weighted by Crippen LogP contribution is -2.42. The summed E-state index contributed by atoms with van der Waals surface area (Å²) in [6, 6.07) is 14.4. The number of hydrogen-bond donors (Lipinski definition) is 1. The van der Waals surface area contributed by atoms with E-state index in [9.17, 15) is 14.0 Å². The van der Waals surface area contributed by atoms with Gasteiger partial charge in [-0.25, -0.2) is 18.6 Å². The minimum atomic E-state index is -0.728. The Morgan fingerprint density at radius 2 is 2.00 bits per heavy atom. The van der Waals surface area contributed by atoms with Gasteiger partial charge < -0.3 is 15.4 Å². The van der Waals surface area contributed by atoms with Gasteiger partial charge >= 0.3 is 5.69 Å². The van der Waals surface area contributed by atoms with Crippen LogP contribution in [0.3, 0.4) is 0 Å². The highest BCUT2D eigenvalue weighted by Gasteiger charge is 2.29. The molecule has 2 aromatic carbocycles. The fraction of sp³-hybridized carbons (Fsp3) is 0.222. The number of nitrogens with two attached hydrogens (primary N) is 1. The maximum Gasteiger partial charge on any atom is 0.334 e. The molecule has 1 unspecified atom stereocenters. The van der Waals surface area contributed by atoms with Gasteiger partial charge in [0, 0.05) is 31.4 Å². The second-order valence-corrected chi connectivity index (χ2v) is 8.72. The predicted molar refractivity (Wildman–Crippen MR) is 136 cm³/mol. The Hall–Kier alpha value is -4.47. The maximum atomic E-state index is 15.1. The van der Waals surface area contributed by atoms with E-state index in [0.717, 1.165) is 6.08 Å². The monoisotopic (exact) mass is 505 g/mol. The van der Waals surface area contributed by atoms with Crippen molar-refractivity contribution in [2.75, 3.05) is 25.5 Å². The molecule has 0 aliphatic carbocycles. The molecular formula is C27H25F2N5O3. The fourth-order valence-electron chi connectivity index (χ4n) is 4.73. The van der Waals surface area contributed by atoms with Crippen LogP contribution >= 0.6 is 0 Å². The van der Waals surface area contributed by atoms with Crippen molar-refractivity contribution in [1.29, 1.82) is 0 Å². The number of piperidine rings is 1. The summed E-state index contributed by atoms with van der Waals surface area (Å²) in [5.74, 6) is -0.343. The van der Waals surface area contributed by atoms with Crippen LogP contribution in [0, 0.1) is 5.82 Å². The van der Waals surface area contributed by atoms with Crippen LogP contribution in [0.1, 0.15) is 18.9 Å². The number of rotatable bonds is 6. The molecule has 8 nitrogen and oxygen atoms in total. The smallest absolute Gasteiger partial charge is 0.334 e. The van der Waals surface area contributed by atoms with E-state index in [2.05, 4.69) is 4.98 Å². The van der Waals surface area contributed by atoms with Gasteiger partial charge in [-0.1, -0.05) is 18.2 Å². The first-order chi connectivity index (χ1) is 18.0. The quantitative estimate of drug-likeness (QED) is 0.392. The molecule has 1 aliphatic rings. The molecule has 10 heteroatoms. The van der Waals surface area contributed by atoms with E-state index in [1.165, 1.54) is 29.0 Å². The van der Waals surface area contributed by atoms with Crippen molar-refractivity contribution in [3.8, 4) is 17.2 Å². The number of likely N-dealkylation sites (tertiary alicyclic amines) is 1. The third kappa shape index (κ3) is 4.69. The number of anilines is 1. The molecular weight excluding hydrogens is 480 g/mol. The molecule has 2 N–H and O–H groups in total. The molecule has 1 amide bonds. The minimum absolute atomic E-state index is 0.0144. The molecule has 190 valence electrons. The lowest BCUT2D eigenvalue weighted by molar-refractivity contribution is -0.127. The summed E-state index contributed by atoms with van der Waals surface area (Å²) in [7, 11) is 0. The zero-order valence-electron chi connectivity index (χ0n) is 19.9. The normalized spacial score (nSPS) is 15.9. The molecule has 3 heterocycles. The number of alkyl halides is 1. The standard InChI is InChI=1S/C27H25F2N5O3/c28-13-4-9-24(35)32-15-5-6-19(17-32)33-22-12-14-31-26(30)25(22)34(27(33)36)18-10-11-23(21(29)16-18)37-20-7-2-1-3-8-20/h1-4,7-12,14,16,19H,5-6,13,15,17H2,(H2,30,31)/b9-4+. The second-order valence-electron chi connectivity index (χ2n) is 8.72. The number of benzene rings is 2. The Morgan fingerprint density at radius 1 is 1.19 bits per heavy atom. The molecule has 1 atom stereocenters. The molecule has 37 heavy (non-hydrogen) atoms. The largest absolute Gasteiger partial charge is 0.454 e. The van der Waals surface area contributed by atoms with Gasteiger partial charge in [-0.05, 0) is 49.2 Å². The average molecular weight is 506 g/mol. The highest BCUT2D eigenvalue weighted by Crippen LogP contribution is 2.31. The lowest BCUT2D eigenvalue weighted by atomic mass is 10.1. The van der Waals surface area contributed by atoms with Crippen LogP contribution in [0.4, 0.5) is 14.6 Å². The topological polar surface area (TPSA) is 95.4 Å². The molecule has 0 radical (unpaired) electrons. The fourth-order valence-corrected chi connectivity index (χ4v) is 4.73.